The van der Waals surface area contributed by atoms with E-state index < -0.39 is 0 Å². The minimum Gasteiger partial charge on any atom is -0.346 e. The summed E-state index contributed by atoms with van der Waals surface area (Å²) in [6.07, 6.45) is 0.708. The van der Waals surface area contributed by atoms with Gasteiger partial charge in [0.2, 0.25) is 5.82 Å². The van der Waals surface area contributed by atoms with E-state index in [1.54, 1.807) is 16.7 Å². The quantitative estimate of drug-likeness (QED) is 0.783. The van der Waals surface area contributed by atoms with Crippen LogP contribution in [0.5, 0.6) is 0 Å². The van der Waals surface area contributed by atoms with Crippen molar-refractivity contribution in [1.82, 2.24) is 9.97 Å². The average Bonchev–Trinajstić information content (AvgIpc) is 2.30. The van der Waals surface area contributed by atoms with E-state index in [0.717, 1.165) is 11.5 Å². The number of anilines is 2. The van der Waals surface area contributed by atoms with Crippen LogP contribution in [0, 0.1) is 0 Å². The summed E-state index contributed by atoms with van der Waals surface area (Å²) >= 11 is 5.85. The fourth-order valence-corrected chi connectivity index (χ4v) is 1.74. The first-order valence-electron chi connectivity index (χ1n) is 5.21. The standard InChI is InChI=1S/C11H12ClN5/c1-2-9-15-10(13)16-11(14)17(9)8-5-3-7(12)4-6-8/h3-6H,2H2,1H3,(H3,13,14,16)/p+1. The number of hydrogen-bond donors (Lipinski definition) is 2. The summed E-state index contributed by atoms with van der Waals surface area (Å²) < 4.78 is 1.76. The highest BCUT2D eigenvalue weighted by molar-refractivity contribution is 6.30. The van der Waals surface area contributed by atoms with Crippen LogP contribution in [0.3, 0.4) is 0 Å². The molecule has 0 saturated carbocycles. The molecule has 6 heteroatoms. The van der Waals surface area contributed by atoms with E-state index in [9.17, 15) is 0 Å². The summed E-state index contributed by atoms with van der Waals surface area (Å²) in [5.74, 6) is 1.26. The Labute approximate surface area is 104 Å². The van der Waals surface area contributed by atoms with Gasteiger partial charge in [-0.2, -0.15) is 4.57 Å². The van der Waals surface area contributed by atoms with Crippen molar-refractivity contribution in [3.63, 3.8) is 0 Å². The van der Waals surface area contributed by atoms with Crippen LogP contribution in [0.25, 0.3) is 5.69 Å². The van der Waals surface area contributed by atoms with Gasteiger partial charge < -0.3 is 11.5 Å². The van der Waals surface area contributed by atoms with Gasteiger partial charge in [0.25, 0.3) is 0 Å². The Morgan fingerprint density at radius 2 is 1.82 bits per heavy atom. The zero-order valence-electron chi connectivity index (χ0n) is 9.39. The molecule has 0 radical (unpaired) electrons. The number of nitrogen functional groups attached to an aromatic ring is 2. The van der Waals surface area contributed by atoms with Gasteiger partial charge in [-0.3, -0.25) is 0 Å². The first-order chi connectivity index (χ1) is 8.11. The molecule has 0 fully saturated rings. The number of benzene rings is 1. The van der Waals surface area contributed by atoms with Gasteiger partial charge >= 0.3 is 11.9 Å². The molecule has 0 bridgehead atoms. The summed E-state index contributed by atoms with van der Waals surface area (Å²) in [5, 5.41) is 0.669. The SMILES string of the molecule is CCc1nc(N)nc(N)[n+]1-c1ccc(Cl)cc1. The highest BCUT2D eigenvalue weighted by atomic mass is 35.5. The van der Waals surface area contributed by atoms with Crippen LogP contribution in [0.15, 0.2) is 24.3 Å². The lowest BCUT2D eigenvalue weighted by Gasteiger charge is -2.07. The molecule has 0 aliphatic rings. The average molecular weight is 251 g/mol. The Morgan fingerprint density at radius 3 is 2.41 bits per heavy atom. The van der Waals surface area contributed by atoms with E-state index in [4.69, 9.17) is 23.1 Å². The van der Waals surface area contributed by atoms with Crippen LogP contribution in [0.2, 0.25) is 5.02 Å². The predicted molar refractivity (Wildman–Crippen MR) is 66.8 cm³/mol. The maximum absolute atomic E-state index is 5.87. The van der Waals surface area contributed by atoms with Crippen molar-refractivity contribution in [1.29, 1.82) is 0 Å². The highest BCUT2D eigenvalue weighted by Crippen LogP contribution is 2.11. The van der Waals surface area contributed by atoms with Crippen LogP contribution in [-0.2, 0) is 6.42 Å². The Bertz CT molecular complexity index is 538. The molecule has 1 heterocycles. The number of rotatable bonds is 2. The van der Waals surface area contributed by atoms with Gasteiger partial charge in [0.15, 0.2) is 0 Å². The number of hydrogen-bond acceptors (Lipinski definition) is 4. The second kappa shape index (κ2) is 4.55. The van der Waals surface area contributed by atoms with Crippen LogP contribution in [0.1, 0.15) is 12.7 Å². The number of nitrogens with zero attached hydrogens (tertiary/aromatic N) is 3. The molecule has 0 aliphatic heterocycles. The van der Waals surface area contributed by atoms with Gasteiger partial charge in [0.1, 0.15) is 0 Å². The largest absolute Gasteiger partial charge is 0.354 e. The molecule has 0 spiro atoms. The number of aryl methyl sites for hydroxylation is 1. The van der Waals surface area contributed by atoms with Crippen molar-refractivity contribution >= 4 is 23.5 Å². The Balaban J connectivity index is 2.61. The summed E-state index contributed by atoms with van der Waals surface area (Å²) in [4.78, 5) is 8.12. The van der Waals surface area contributed by atoms with Crippen molar-refractivity contribution < 1.29 is 4.57 Å². The van der Waals surface area contributed by atoms with E-state index in [1.165, 1.54) is 0 Å². The molecule has 0 amide bonds. The minimum absolute atomic E-state index is 0.185. The molecular weight excluding hydrogens is 238 g/mol. The van der Waals surface area contributed by atoms with Gasteiger partial charge in [0, 0.05) is 11.4 Å². The summed E-state index contributed by atoms with van der Waals surface area (Å²) in [7, 11) is 0. The van der Waals surface area contributed by atoms with Crippen molar-refractivity contribution in [2.24, 2.45) is 0 Å². The smallest absolute Gasteiger partial charge is 0.346 e. The molecule has 1 aromatic carbocycles. The summed E-state index contributed by atoms with van der Waals surface area (Å²) in [6.45, 7) is 1.98. The van der Waals surface area contributed by atoms with Crippen LogP contribution in [0.4, 0.5) is 11.9 Å². The van der Waals surface area contributed by atoms with Gasteiger partial charge in [-0.1, -0.05) is 28.5 Å². The lowest BCUT2D eigenvalue weighted by molar-refractivity contribution is -0.595. The lowest BCUT2D eigenvalue weighted by Crippen LogP contribution is -2.41. The minimum atomic E-state index is 0.185. The molecule has 17 heavy (non-hydrogen) atoms. The summed E-state index contributed by atoms with van der Waals surface area (Å²) in [5.41, 5.74) is 12.3. The third-order valence-corrected chi connectivity index (χ3v) is 2.61. The van der Waals surface area contributed by atoms with Gasteiger partial charge in [-0.05, 0) is 24.3 Å². The molecule has 5 nitrogen and oxygen atoms in total. The van der Waals surface area contributed by atoms with E-state index >= 15 is 0 Å². The third kappa shape index (κ3) is 2.29. The Kier molecular flexibility index (Phi) is 3.10. The molecular formula is C11H13ClN5+. The maximum Gasteiger partial charge on any atom is 0.354 e. The van der Waals surface area contributed by atoms with Gasteiger partial charge in [-0.25, -0.2) is 0 Å². The van der Waals surface area contributed by atoms with Crippen LogP contribution >= 0.6 is 11.6 Å². The molecule has 4 N–H and O–H groups in total. The molecule has 88 valence electrons. The first kappa shape index (κ1) is 11.6. The summed E-state index contributed by atoms with van der Waals surface area (Å²) in [6, 6.07) is 7.30. The highest BCUT2D eigenvalue weighted by Gasteiger charge is 2.17. The van der Waals surface area contributed by atoms with E-state index in [2.05, 4.69) is 9.97 Å². The van der Waals surface area contributed by atoms with Crippen molar-refractivity contribution in [3.8, 4) is 5.69 Å². The van der Waals surface area contributed by atoms with Crippen molar-refractivity contribution in [2.75, 3.05) is 11.5 Å². The van der Waals surface area contributed by atoms with Crippen LogP contribution < -0.4 is 16.0 Å². The lowest BCUT2D eigenvalue weighted by atomic mass is 10.3. The molecule has 0 aliphatic carbocycles. The fraction of sp³-hybridized carbons (Fsp3) is 0.182. The van der Waals surface area contributed by atoms with E-state index in [-0.39, 0.29) is 5.95 Å². The number of aromatic nitrogens is 3. The van der Waals surface area contributed by atoms with Crippen molar-refractivity contribution in [2.45, 2.75) is 13.3 Å². The molecule has 0 saturated heterocycles. The fourth-order valence-electron chi connectivity index (χ4n) is 1.62. The monoisotopic (exact) mass is 250 g/mol. The first-order valence-corrected chi connectivity index (χ1v) is 5.59. The van der Waals surface area contributed by atoms with Crippen LogP contribution in [-0.4, -0.2) is 9.97 Å². The van der Waals surface area contributed by atoms with E-state index in [1.807, 2.05) is 19.1 Å². The Hall–Kier alpha value is -1.88. The third-order valence-electron chi connectivity index (χ3n) is 2.36. The van der Waals surface area contributed by atoms with Gasteiger partial charge in [0.05, 0.1) is 5.69 Å². The predicted octanol–water partition coefficient (Wildman–Crippen LogP) is 1.13. The normalized spacial score (nSPS) is 10.5. The number of halogens is 1. The molecule has 0 unspecified atom stereocenters. The molecule has 2 rings (SSSR count). The zero-order chi connectivity index (χ0) is 12.4. The topological polar surface area (TPSA) is 81.7 Å². The maximum atomic E-state index is 5.87. The molecule has 1 aromatic heterocycles. The van der Waals surface area contributed by atoms with Gasteiger partial charge in [-0.15, -0.1) is 0 Å². The molecule has 0 atom stereocenters. The van der Waals surface area contributed by atoms with E-state index in [0.29, 0.717) is 17.4 Å². The Morgan fingerprint density at radius 1 is 1.18 bits per heavy atom. The van der Waals surface area contributed by atoms with Crippen molar-refractivity contribution in [3.05, 3.63) is 35.1 Å². The molecule has 2 aromatic rings. The zero-order valence-corrected chi connectivity index (χ0v) is 10.1. The second-order valence-electron chi connectivity index (χ2n) is 3.52. The number of nitrogens with two attached hydrogens (primary N) is 2. The second-order valence-corrected chi connectivity index (χ2v) is 3.96.